The minimum absolute atomic E-state index is 0.0719. The van der Waals surface area contributed by atoms with Crippen molar-refractivity contribution in [2.75, 3.05) is 0 Å². The molecule has 6 nitrogen and oxygen atoms in total. The van der Waals surface area contributed by atoms with E-state index in [1.807, 2.05) is 0 Å². The number of aliphatic carboxylic acids is 1. The molecule has 0 bridgehead atoms. The third kappa shape index (κ3) is 5.34. The van der Waals surface area contributed by atoms with Crippen LogP contribution in [0.4, 0.5) is 13.2 Å². The van der Waals surface area contributed by atoms with Gasteiger partial charge in [0.1, 0.15) is 5.76 Å². The van der Waals surface area contributed by atoms with Gasteiger partial charge in [0, 0.05) is 0 Å². The molecule has 0 saturated heterocycles. The Morgan fingerprint density at radius 1 is 1.33 bits per heavy atom. The number of nitrogens with two attached hydrogens (primary N) is 1. The topological polar surface area (TPSA) is 114 Å². The van der Waals surface area contributed by atoms with E-state index in [1.165, 1.54) is 6.07 Å². The number of aromatic carboxylic acids is 1. The second-order valence-corrected chi connectivity index (χ2v) is 3.10. The van der Waals surface area contributed by atoms with Crippen molar-refractivity contribution in [2.24, 2.45) is 5.73 Å². The standard InChI is InChI=1S/C7H9NO3.C2HF3O2/c1-4(8)5-2-3-6(11-5)7(9)10;3-2(4,5)1(6)7/h2-4H,8H2,1H3,(H,9,10);(H,6,7)/t4-;/m1./s1. The predicted octanol–water partition coefficient (Wildman–Crippen LogP) is 1.63. The molecule has 4 N–H and O–H groups in total. The molecule has 18 heavy (non-hydrogen) atoms. The lowest BCUT2D eigenvalue weighted by Gasteiger charge is -1.97. The molecule has 0 unspecified atom stereocenters. The first-order chi connectivity index (χ1) is 8.05. The van der Waals surface area contributed by atoms with Crippen molar-refractivity contribution in [1.29, 1.82) is 0 Å². The molecular formula is C9H10F3NO5. The molecule has 9 heteroatoms. The van der Waals surface area contributed by atoms with Crippen LogP contribution in [0.3, 0.4) is 0 Å². The highest BCUT2D eigenvalue weighted by molar-refractivity contribution is 5.84. The van der Waals surface area contributed by atoms with Gasteiger partial charge in [0.15, 0.2) is 0 Å². The monoisotopic (exact) mass is 269 g/mol. The number of carboxylic acids is 2. The van der Waals surface area contributed by atoms with Gasteiger partial charge in [-0.05, 0) is 19.1 Å². The lowest BCUT2D eigenvalue weighted by atomic mass is 10.3. The van der Waals surface area contributed by atoms with Crippen molar-refractivity contribution in [3.05, 3.63) is 23.7 Å². The summed E-state index contributed by atoms with van der Waals surface area (Å²) in [7, 11) is 0. The van der Waals surface area contributed by atoms with Crippen LogP contribution in [0.5, 0.6) is 0 Å². The van der Waals surface area contributed by atoms with Gasteiger partial charge in [0.25, 0.3) is 0 Å². The van der Waals surface area contributed by atoms with E-state index < -0.39 is 18.1 Å². The van der Waals surface area contributed by atoms with Crippen molar-refractivity contribution in [3.63, 3.8) is 0 Å². The normalized spacial score (nSPS) is 12.3. The number of carbonyl (C=O) groups is 2. The maximum atomic E-state index is 10.6. The zero-order valence-corrected chi connectivity index (χ0v) is 9.06. The molecule has 0 aliphatic carbocycles. The van der Waals surface area contributed by atoms with Gasteiger partial charge in [-0.25, -0.2) is 9.59 Å². The molecule has 1 aromatic rings. The predicted molar refractivity (Wildman–Crippen MR) is 52.0 cm³/mol. The Hall–Kier alpha value is -2.03. The number of alkyl halides is 3. The summed E-state index contributed by atoms with van der Waals surface area (Å²) in [5.74, 6) is -3.41. The van der Waals surface area contributed by atoms with Crippen molar-refractivity contribution >= 4 is 11.9 Å². The van der Waals surface area contributed by atoms with E-state index in [9.17, 15) is 18.0 Å². The van der Waals surface area contributed by atoms with E-state index in [0.29, 0.717) is 5.76 Å². The van der Waals surface area contributed by atoms with E-state index >= 15 is 0 Å². The Balaban J connectivity index is 0.000000360. The Kier molecular flexibility index (Phi) is 5.37. The molecule has 1 atom stereocenters. The van der Waals surface area contributed by atoms with Crippen LogP contribution in [0.1, 0.15) is 29.3 Å². The van der Waals surface area contributed by atoms with Crippen LogP contribution in [0.25, 0.3) is 0 Å². The summed E-state index contributed by atoms with van der Waals surface area (Å²) < 4.78 is 36.6. The van der Waals surface area contributed by atoms with Crippen LogP contribution in [0.2, 0.25) is 0 Å². The average Bonchev–Trinajstić information content (AvgIpc) is 2.65. The van der Waals surface area contributed by atoms with E-state index in [-0.39, 0.29) is 11.8 Å². The summed E-state index contributed by atoms with van der Waals surface area (Å²) in [5.41, 5.74) is 5.44. The van der Waals surface area contributed by atoms with Gasteiger partial charge in [-0.15, -0.1) is 0 Å². The number of furan rings is 1. The van der Waals surface area contributed by atoms with Crippen molar-refractivity contribution in [1.82, 2.24) is 0 Å². The second-order valence-electron chi connectivity index (χ2n) is 3.10. The first-order valence-corrected chi connectivity index (χ1v) is 4.44. The number of hydrogen-bond donors (Lipinski definition) is 3. The number of rotatable bonds is 2. The Bertz CT molecular complexity index is 424. The molecule has 0 saturated carbocycles. The summed E-state index contributed by atoms with van der Waals surface area (Å²) in [6, 6.07) is 2.69. The Labute approximate surface area is 98.8 Å². The fourth-order valence-electron chi connectivity index (χ4n) is 0.712. The second kappa shape index (κ2) is 6.05. The Morgan fingerprint density at radius 3 is 1.94 bits per heavy atom. The van der Waals surface area contributed by atoms with Gasteiger partial charge >= 0.3 is 18.1 Å². The zero-order valence-electron chi connectivity index (χ0n) is 9.06. The summed E-state index contributed by atoms with van der Waals surface area (Å²) >= 11 is 0. The molecular weight excluding hydrogens is 259 g/mol. The molecule has 0 fully saturated rings. The first kappa shape index (κ1) is 16.0. The van der Waals surface area contributed by atoms with E-state index in [4.69, 9.17) is 25.2 Å². The zero-order chi connectivity index (χ0) is 14.5. The highest BCUT2D eigenvalue weighted by Crippen LogP contribution is 2.13. The maximum absolute atomic E-state index is 10.6. The number of hydrogen-bond acceptors (Lipinski definition) is 4. The highest BCUT2D eigenvalue weighted by atomic mass is 19.4. The molecule has 0 aromatic carbocycles. The smallest absolute Gasteiger partial charge is 0.475 e. The lowest BCUT2D eigenvalue weighted by molar-refractivity contribution is -0.192. The van der Waals surface area contributed by atoms with Crippen LogP contribution in [-0.4, -0.2) is 28.3 Å². The highest BCUT2D eigenvalue weighted by Gasteiger charge is 2.38. The Morgan fingerprint density at radius 2 is 1.78 bits per heavy atom. The third-order valence-corrected chi connectivity index (χ3v) is 1.53. The van der Waals surface area contributed by atoms with E-state index in [1.54, 1.807) is 13.0 Å². The molecule has 0 aliphatic heterocycles. The van der Waals surface area contributed by atoms with Crippen molar-refractivity contribution in [2.45, 2.75) is 19.1 Å². The SMILES string of the molecule is C[C@@H](N)c1ccc(C(=O)O)o1.O=C(O)C(F)(F)F. The average molecular weight is 269 g/mol. The molecule has 102 valence electrons. The summed E-state index contributed by atoms with van der Waals surface area (Å²) in [5, 5.41) is 15.6. The largest absolute Gasteiger partial charge is 0.490 e. The molecule has 0 spiro atoms. The van der Waals surface area contributed by atoms with Gasteiger partial charge in [-0.1, -0.05) is 0 Å². The number of carboxylic acid groups (broad SMARTS) is 2. The van der Waals surface area contributed by atoms with Gasteiger partial charge < -0.3 is 20.4 Å². The summed E-state index contributed by atoms with van der Waals surface area (Å²) in [6.45, 7) is 1.73. The molecule has 1 heterocycles. The molecule has 0 amide bonds. The molecule has 1 aromatic heterocycles. The lowest BCUT2D eigenvalue weighted by Crippen LogP contribution is -2.21. The van der Waals surface area contributed by atoms with Gasteiger partial charge in [-0.3, -0.25) is 0 Å². The first-order valence-electron chi connectivity index (χ1n) is 4.44. The van der Waals surface area contributed by atoms with Gasteiger partial charge in [-0.2, -0.15) is 13.2 Å². The van der Waals surface area contributed by atoms with E-state index in [2.05, 4.69) is 0 Å². The van der Waals surface area contributed by atoms with Crippen LogP contribution in [0.15, 0.2) is 16.5 Å². The van der Waals surface area contributed by atoms with Gasteiger partial charge in [0.2, 0.25) is 5.76 Å². The van der Waals surface area contributed by atoms with E-state index in [0.717, 1.165) is 0 Å². The third-order valence-electron chi connectivity index (χ3n) is 1.53. The van der Waals surface area contributed by atoms with Gasteiger partial charge in [0.05, 0.1) is 6.04 Å². The molecule has 1 rings (SSSR count). The summed E-state index contributed by atoms with van der Waals surface area (Å²) in [6.07, 6.45) is -5.08. The quantitative estimate of drug-likeness (QED) is 0.751. The van der Waals surface area contributed by atoms with Crippen LogP contribution in [0, 0.1) is 0 Å². The van der Waals surface area contributed by atoms with Crippen molar-refractivity contribution in [3.8, 4) is 0 Å². The van der Waals surface area contributed by atoms with Crippen LogP contribution >= 0.6 is 0 Å². The minimum Gasteiger partial charge on any atom is -0.475 e. The fraction of sp³-hybridized carbons (Fsp3) is 0.333. The van der Waals surface area contributed by atoms with Crippen molar-refractivity contribution < 1.29 is 37.4 Å². The maximum Gasteiger partial charge on any atom is 0.490 e. The minimum atomic E-state index is -5.08. The summed E-state index contributed by atoms with van der Waals surface area (Å²) in [4.78, 5) is 19.2. The number of halogens is 3. The van der Waals surface area contributed by atoms with Crippen LogP contribution in [-0.2, 0) is 4.79 Å². The van der Waals surface area contributed by atoms with Crippen LogP contribution < -0.4 is 5.73 Å². The molecule has 0 aliphatic rings. The fourth-order valence-corrected chi connectivity index (χ4v) is 0.712. The molecule has 0 radical (unpaired) electrons.